The van der Waals surface area contributed by atoms with Crippen LogP contribution in [0.2, 0.25) is 0 Å². The number of hydrogen-bond donors (Lipinski definition) is 2. The molecule has 2 heterocycles. The average Bonchev–Trinajstić information content (AvgIpc) is 2.80. The molecule has 0 spiro atoms. The van der Waals surface area contributed by atoms with Gasteiger partial charge in [-0.3, -0.25) is 9.59 Å². The third-order valence-electron chi connectivity index (χ3n) is 4.08. The van der Waals surface area contributed by atoms with E-state index in [1.807, 2.05) is 0 Å². The Bertz CT molecular complexity index is 601. The molecule has 1 aromatic rings. The molecule has 1 aromatic carbocycles. The van der Waals surface area contributed by atoms with Crippen LogP contribution < -0.4 is 5.32 Å². The van der Waals surface area contributed by atoms with Crippen molar-refractivity contribution in [3.8, 4) is 5.75 Å². The number of piperidine rings is 1. The molecular formula is C14H14N2O4. The van der Waals surface area contributed by atoms with E-state index in [0.29, 0.717) is 17.5 Å². The van der Waals surface area contributed by atoms with Gasteiger partial charge in [-0.2, -0.15) is 0 Å². The van der Waals surface area contributed by atoms with E-state index >= 15 is 0 Å². The van der Waals surface area contributed by atoms with E-state index in [-0.39, 0.29) is 37.1 Å². The van der Waals surface area contributed by atoms with Gasteiger partial charge in [0.25, 0.3) is 5.91 Å². The number of fused-ring (bicyclic) bond motifs is 1. The van der Waals surface area contributed by atoms with Gasteiger partial charge in [0.05, 0.1) is 6.54 Å². The van der Waals surface area contributed by atoms with Crippen LogP contribution in [-0.2, 0) is 16.1 Å². The molecule has 1 unspecified atom stereocenters. The summed E-state index contributed by atoms with van der Waals surface area (Å²) in [5.41, 5.74) is -0.0602. The lowest BCUT2D eigenvalue weighted by molar-refractivity contribution is -0.128. The first-order valence-corrected chi connectivity index (χ1v) is 6.43. The van der Waals surface area contributed by atoms with Gasteiger partial charge in [0.2, 0.25) is 5.91 Å². The minimum atomic E-state index is -1.02. The van der Waals surface area contributed by atoms with Crippen LogP contribution >= 0.6 is 0 Å². The zero-order valence-corrected chi connectivity index (χ0v) is 10.8. The minimum absolute atomic E-state index is 0.0549. The highest BCUT2D eigenvalue weighted by molar-refractivity contribution is 6.01. The second-order valence-electron chi connectivity index (χ2n) is 5.19. The molecule has 0 bridgehead atoms. The zero-order valence-electron chi connectivity index (χ0n) is 10.8. The van der Waals surface area contributed by atoms with E-state index in [9.17, 15) is 19.5 Å². The summed E-state index contributed by atoms with van der Waals surface area (Å²) in [5.74, 6) is -0.340. The lowest BCUT2D eigenvalue weighted by atomic mass is 9.89. The van der Waals surface area contributed by atoms with Crippen LogP contribution in [0, 0.1) is 0 Å². The highest BCUT2D eigenvalue weighted by Gasteiger charge is 2.46. The fourth-order valence-electron chi connectivity index (χ4n) is 2.83. The lowest BCUT2D eigenvalue weighted by Crippen LogP contribution is -2.60. The van der Waals surface area contributed by atoms with E-state index in [4.69, 9.17) is 0 Å². The highest BCUT2D eigenvalue weighted by atomic mass is 16.3. The summed E-state index contributed by atoms with van der Waals surface area (Å²) in [6, 6.07) is 4.76. The van der Waals surface area contributed by atoms with Crippen LogP contribution in [0.15, 0.2) is 18.2 Å². The Labute approximate surface area is 115 Å². The average molecular weight is 274 g/mol. The number of phenols is 1. The van der Waals surface area contributed by atoms with Crippen molar-refractivity contribution < 1.29 is 19.5 Å². The van der Waals surface area contributed by atoms with E-state index < -0.39 is 5.54 Å². The number of rotatable bonds is 2. The summed E-state index contributed by atoms with van der Waals surface area (Å²) in [5, 5.41) is 12.5. The molecule has 2 aliphatic rings. The molecule has 0 radical (unpaired) electrons. The van der Waals surface area contributed by atoms with E-state index in [0.717, 1.165) is 6.29 Å². The van der Waals surface area contributed by atoms with Crippen molar-refractivity contribution in [3.05, 3.63) is 29.3 Å². The summed E-state index contributed by atoms with van der Waals surface area (Å²) >= 11 is 0. The van der Waals surface area contributed by atoms with Crippen molar-refractivity contribution in [2.24, 2.45) is 0 Å². The molecule has 104 valence electrons. The fourth-order valence-corrected chi connectivity index (χ4v) is 2.83. The maximum Gasteiger partial charge on any atom is 0.255 e. The Hall–Kier alpha value is -2.37. The topological polar surface area (TPSA) is 86.7 Å². The Kier molecular flexibility index (Phi) is 2.74. The first-order chi connectivity index (χ1) is 9.57. The van der Waals surface area contributed by atoms with Crippen LogP contribution in [0.4, 0.5) is 0 Å². The molecule has 0 saturated carbocycles. The summed E-state index contributed by atoms with van der Waals surface area (Å²) in [7, 11) is 0. The molecule has 0 aliphatic carbocycles. The molecule has 1 fully saturated rings. The molecule has 2 aliphatic heterocycles. The molecule has 1 saturated heterocycles. The van der Waals surface area contributed by atoms with Crippen molar-refractivity contribution in [1.29, 1.82) is 0 Å². The number of aromatic hydroxyl groups is 1. The van der Waals surface area contributed by atoms with Gasteiger partial charge in [-0.1, -0.05) is 6.07 Å². The number of benzene rings is 1. The molecule has 1 atom stereocenters. The van der Waals surface area contributed by atoms with Crippen molar-refractivity contribution in [2.75, 3.05) is 6.54 Å². The monoisotopic (exact) mass is 274 g/mol. The number of hydrogen-bond acceptors (Lipinski definition) is 4. The van der Waals surface area contributed by atoms with Crippen molar-refractivity contribution in [2.45, 2.75) is 24.9 Å². The van der Waals surface area contributed by atoms with Gasteiger partial charge in [-0.05, 0) is 18.6 Å². The minimum Gasteiger partial charge on any atom is -0.508 e. The van der Waals surface area contributed by atoms with Crippen molar-refractivity contribution >= 4 is 18.1 Å². The third kappa shape index (κ3) is 1.68. The first-order valence-electron chi connectivity index (χ1n) is 6.43. The number of nitrogens with one attached hydrogen (secondary N) is 1. The fraction of sp³-hybridized carbons (Fsp3) is 0.357. The third-order valence-corrected chi connectivity index (χ3v) is 4.08. The van der Waals surface area contributed by atoms with Crippen molar-refractivity contribution in [3.63, 3.8) is 0 Å². The van der Waals surface area contributed by atoms with Crippen LogP contribution in [0.1, 0.15) is 28.8 Å². The second kappa shape index (κ2) is 4.33. The molecule has 2 amide bonds. The Morgan fingerprint density at radius 3 is 2.75 bits per heavy atom. The van der Waals surface area contributed by atoms with Gasteiger partial charge in [0.15, 0.2) is 0 Å². The normalized spacial score (nSPS) is 25.3. The number of carbonyl (C=O) groups is 3. The van der Waals surface area contributed by atoms with Gasteiger partial charge < -0.3 is 20.1 Å². The molecule has 6 nitrogen and oxygen atoms in total. The molecule has 2 N–H and O–H groups in total. The highest BCUT2D eigenvalue weighted by Crippen LogP contribution is 2.36. The number of aldehydes is 1. The number of nitrogens with zero attached hydrogens (tertiary/aromatic N) is 1. The van der Waals surface area contributed by atoms with E-state index in [1.54, 1.807) is 12.1 Å². The first kappa shape index (κ1) is 12.7. The van der Waals surface area contributed by atoms with Gasteiger partial charge in [-0.25, -0.2) is 0 Å². The molecular weight excluding hydrogens is 260 g/mol. The van der Waals surface area contributed by atoms with Crippen LogP contribution in [0.3, 0.4) is 0 Å². The summed E-state index contributed by atoms with van der Waals surface area (Å²) in [6.45, 7) is 0.311. The quantitative estimate of drug-likeness (QED) is 0.754. The standard InChI is InChI=1S/C14H14N2O4/c17-8-14(5-4-12(19)15-7-14)16-6-10-9(13(16)20)2-1-3-11(10)18/h1-3,8,18H,4-7H2,(H,15,19). The predicted molar refractivity (Wildman–Crippen MR) is 69.0 cm³/mol. The Balaban J connectivity index is 1.96. The van der Waals surface area contributed by atoms with Gasteiger partial charge in [0, 0.05) is 24.1 Å². The van der Waals surface area contributed by atoms with Gasteiger partial charge >= 0.3 is 0 Å². The Morgan fingerprint density at radius 1 is 1.35 bits per heavy atom. The second-order valence-corrected chi connectivity index (χ2v) is 5.19. The maximum absolute atomic E-state index is 12.4. The lowest BCUT2D eigenvalue weighted by Gasteiger charge is -2.39. The number of phenolic OH excluding ortho intramolecular Hbond substituents is 1. The van der Waals surface area contributed by atoms with Gasteiger partial charge in [0.1, 0.15) is 17.6 Å². The van der Waals surface area contributed by atoms with Crippen LogP contribution in [0.5, 0.6) is 5.75 Å². The van der Waals surface area contributed by atoms with E-state index in [1.165, 1.54) is 11.0 Å². The maximum atomic E-state index is 12.4. The largest absolute Gasteiger partial charge is 0.508 e. The van der Waals surface area contributed by atoms with E-state index in [2.05, 4.69) is 5.32 Å². The smallest absolute Gasteiger partial charge is 0.255 e. The van der Waals surface area contributed by atoms with Crippen LogP contribution in [0.25, 0.3) is 0 Å². The van der Waals surface area contributed by atoms with Gasteiger partial charge in [-0.15, -0.1) is 0 Å². The molecule has 0 aromatic heterocycles. The molecule has 20 heavy (non-hydrogen) atoms. The SMILES string of the molecule is O=CC1(N2Cc3c(O)cccc3C2=O)CCC(=O)NC1. The number of amides is 2. The van der Waals surface area contributed by atoms with Crippen LogP contribution in [-0.4, -0.2) is 40.2 Å². The predicted octanol–water partition coefficient (Wildman–Crippen LogP) is 0.196. The summed E-state index contributed by atoms with van der Waals surface area (Å²) in [4.78, 5) is 36.7. The molecule has 3 rings (SSSR count). The zero-order chi connectivity index (χ0) is 14.3. The Morgan fingerprint density at radius 2 is 2.15 bits per heavy atom. The molecule has 6 heteroatoms. The summed E-state index contributed by atoms with van der Waals surface area (Å²) < 4.78 is 0. The number of carbonyl (C=O) groups excluding carboxylic acids is 3. The summed E-state index contributed by atoms with van der Waals surface area (Å²) in [6.07, 6.45) is 1.25. The van der Waals surface area contributed by atoms with Crippen molar-refractivity contribution in [1.82, 2.24) is 10.2 Å².